The maximum absolute atomic E-state index is 14.2. The average Bonchev–Trinajstić information content (AvgIpc) is 3.57. The summed E-state index contributed by atoms with van der Waals surface area (Å²) in [5, 5.41) is 17.4. The monoisotopic (exact) mass is 546 g/mol. The summed E-state index contributed by atoms with van der Waals surface area (Å²) in [6.07, 6.45) is 0.704. The standard InChI is InChI=1S/C24H27FN6O6S/c1-13-15(24(33)30-38(26)6-4-34-5-7-38)9-31-20(13)23(27-12-28-31)29-16-3-2-14(25)8-18(16)37-19-11-36-21-17(32)10-35-22(19)21/h2-3,8-9,12,17,19,21-22,26,32H,4-7,10-11H2,1H3,(H,27,28,29)/t17-,19-,21-,22-/m1/s1. The molecule has 0 saturated carbocycles. The van der Waals surface area contributed by atoms with Crippen LogP contribution in [0, 0.1) is 17.5 Å². The number of aromatic nitrogens is 3. The normalized spacial score (nSPS) is 26.3. The molecule has 12 nitrogen and oxygen atoms in total. The number of aryl methyl sites for hydroxylation is 1. The maximum Gasteiger partial charge on any atom is 0.285 e. The van der Waals surface area contributed by atoms with E-state index < -0.39 is 45.8 Å². The molecule has 3 N–H and O–H groups in total. The van der Waals surface area contributed by atoms with Crippen molar-refractivity contribution in [1.29, 1.82) is 4.78 Å². The van der Waals surface area contributed by atoms with Crippen LogP contribution in [-0.4, -0.2) is 88.0 Å². The number of hydrogen-bond donors (Lipinski definition) is 3. The third-order valence-corrected chi connectivity index (χ3v) is 9.10. The summed E-state index contributed by atoms with van der Waals surface area (Å²) in [6.45, 7) is 2.96. The number of carbonyl (C=O) groups is 1. The zero-order valence-electron chi connectivity index (χ0n) is 20.5. The van der Waals surface area contributed by atoms with Gasteiger partial charge in [-0.15, -0.1) is 0 Å². The number of aliphatic hydroxyl groups excluding tert-OH is 1. The lowest BCUT2D eigenvalue weighted by Crippen LogP contribution is -2.34. The fourth-order valence-corrected chi connectivity index (χ4v) is 6.49. The number of halogens is 1. The van der Waals surface area contributed by atoms with Gasteiger partial charge in [0.15, 0.2) is 11.9 Å². The van der Waals surface area contributed by atoms with Crippen molar-refractivity contribution in [2.24, 2.45) is 4.36 Å². The molecule has 38 heavy (non-hydrogen) atoms. The molecule has 3 saturated heterocycles. The lowest BCUT2D eigenvalue weighted by Gasteiger charge is -2.20. The Morgan fingerprint density at radius 2 is 2.08 bits per heavy atom. The molecule has 14 heteroatoms. The van der Waals surface area contributed by atoms with E-state index in [4.69, 9.17) is 23.7 Å². The SMILES string of the molecule is Cc1c(C(=O)N=S2(=N)CCOCC2)cn2ncnc(Nc3ccc(F)cc3O[C@@H]3CO[C@H]4[C@@H]3OC[C@H]4O)c12. The van der Waals surface area contributed by atoms with E-state index in [0.717, 1.165) is 0 Å². The van der Waals surface area contributed by atoms with Crippen LogP contribution in [0.4, 0.5) is 15.9 Å². The molecule has 0 radical (unpaired) electrons. The van der Waals surface area contributed by atoms with Crippen LogP contribution < -0.4 is 10.1 Å². The van der Waals surface area contributed by atoms with Crippen LogP contribution in [0.2, 0.25) is 0 Å². The largest absolute Gasteiger partial charge is 0.483 e. The second-order valence-electron chi connectivity index (χ2n) is 9.41. The third kappa shape index (κ3) is 4.62. The molecule has 1 aromatic carbocycles. The first-order chi connectivity index (χ1) is 18.3. The van der Waals surface area contributed by atoms with Gasteiger partial charge in [-0.05, 0) is 34.2 Å². The van der Waals surface area contributed by atoms with Gasteiger partial charge in [0, 0.05) is 23.8 Å². The zero-order chi connectivity index (χ0) is 26.4. The highest BCUT2D eigenvalue weighted by atomic mass is 32.2. The number of fused-ring (bicyclic) bond motifs is 2. The van der Waals surface area contributed by atoms with Crippen LogP contribution >= 0.6 is 0 Å². The van der Waals surface area contributed by atoms with Gasteiger partial charge in [-0.1, -0.05) is 0 Å². The van der Waals surface area contributed by atoms with Gasteiger partial charge < -0.3 is 29.4 Å². The van der Waals surface area contributed by atoms with E-state index >= 15 is 0 Å². The second-order valence-corrected chi connectivity index (χ2v) is 12.1. The number of benzene rings is 1. The number of carbonyl (C=O) groups excluding carboxylic acids is 1. The van der Waals surface area contributed by atoms with Gasteiger partial charge >= 0.3 is 0 Å². The minimum absolute atomic E-state index is 0.153. The van der Waals surface area contributed by atoms with Crippen LogP contribution in [0.1, 0.15) is 15.9 Å². The van der Waals surface area contributed by atoms with Crippen molar-refractivity contribution in [1.82, 2.24) is 14.6 Å². The highest BCUT2D eigenvalue weighted by molar-refractivity contribution is 7.94. The van der Waals surface area contributed by atoms with E-state index in [9.17, 15) is 14.3 Å². The maximum atomic E-state index is 14.2. The van der Waals surface area contributed by atoms with Crippen LogP contribution in [0.15, 0.2) is 35.1 Å². The molecule has 0 bridgehead atoms. The molecule has 0 spiro atoms. The molecular weight excluding hydrogens is 519 g/mol. The first-order valence-corrected chi connectivity index (χ1v) is 14.1. The Morgan fingerprint density at radius 3 is 2.89 bits per heavy atom. The predicted octanol–water partition coefficient (Wildman–Crippen LogP) is 2.10. The van der Waals surface area contributed by atoms with E-state index in [1.165, 1.54) is 29.0 Å². The first kappa shape index (κ1) is 25.1. The summed E-state index contributed by atoms with van der Waals surface area (Å²) in [5.41, 5.74) is 1.90. The van der Waals surface area contributed by atoms with Crippen LogP contribution in [0.5, 0.6) is 5.75 Å². The summed E-state index contributed by atoms with van der Waals surface area (Å²) in [6, 6.07) is 4.07. The smallest absolute Gasteiger partial charge is 0.285 e. The average molecular weight is 547 g/mol. The summed E-state index contributed by atoms with van der Waals surface area (Å²) in [4.78, 5) is 17.4. The summed E-state index contributed by atoms with van der Waals surface area (Å²) in [7, 11) is -2.18. The van der Waals surface area contributed by atoms with Crippen LogP contribution in [0.25, 0.3) is 5.52 Å². The Balaban J connectivity index is 1.31. The Hall–Kier alpha value is -3.17. The van der Waals surface area contributed by atoms with Gasteiger partial charge in [-0.3, -0.25) is 9.57 Å². The number of anilines is 2. The van der Waals surface area contributed by atoms with Gasteiger partial charge in [-0.25, -0.2) is 13.9 Å². The molecular formula is C24H27FN6O6S. The summed E-state index contributed by atoms with van der Waals surface area (Å²) in [5.74, 6) is 0.502. The van der Waals surface area contributed by atoms with E-state index in [-0.39, 0.29) is 19.0 Å². The number of nitrogens with zero attached hydrogens (tertiary/aromatic N) is 4. The minimum atomic E-state index is -2.18. The van der Waals surface area contributed by atoms with Crippen molar-refractivity contribution in [3.63, 3.8) is 0 Å². The summed E-state index contributed by atoms with van der Waals surface area (Å²) >= 11 is 0. The zero-order valence-corrected chi connectivity index (χ0v) is 21.3. The number of nitrogens with one attached hydrogen (secondary N) is 2. The molecule has 202 valence electrons. The highest BCUT2D eigenvalue weighted by Gasteiger charge is 2.48. The molecule has 3 aliphatic rings. The molecule has 0 aliphatic carbocycles. The highest BCUT2D eigenvalue weighted by Crippen LogP contribution is 2.35. The van der Waals surface area contributed by atoms with Crippen molar-refractivity contribution in [2.45, 2.75) is 31.3 Å². The molecule has 1 amide bonds. The Labute approximate surface area is 217 Å². The predicted molar refractivity (Wildman–Crippen MR) is 135 cm³/mol. The van der Waals surface area contributed by atoms with Crippen molar-refractivity contribution in [3.05, 3.63) is 47.7 Å². The fraction of sp³-hybridized carbons (Fsp3) is 0.458. The Bertz CT molecular complexity index is 1510. The lowest BCUT2D eigenvalue weighted by atomic mass is 10.1. The number of ether oxygens (including phenoxy) is 4. The topological polar surface area (TPSA) is 153 Å². The molecule has 4 atom stereocenters. The molecule has 6 rings (SSSR count). The van der Waals surface area contributed by atoms with Crippen LogP contribution in [0.3, 0.4) is 0 Å². The van der Waals surface area contributed by atoms with Crippen molar-refractivity contribution in [2.75, 3.05) is 43.3 Å². The molecule has 0 unspecified atom stereocenters. The van der Waals surface area contributed by atoms with E-state index in [1.807, 2.05) is 0 Å². The van der Waals surface area contributed by atoms with Crippen molar-refractivity contribution >= 4 is 32.5 Å². The van der Waals surface area contributed by atoms with Gasteiger partial charge in [-0.2, -0.15) is 9.46 Å². The fourth-order valence-electron chi connectivity index (χ4n) is 4.90. The molecule has 3 aromatic rings. The van der Waals surface area contributed by atoms with Gasteiger partial charge in [0.1, 0.15) is 41.7 Å². The summed E-state index contributed by atoms with van der Waals surface area (Å²) < 4.78 is 51.2. The molecule has 2 aromatic heterocycles. The Morgan fingerprint density at radius 1 is 1.29 bits per heavy atom. The van der Waals surface area contributed by atoms with E-state index in [0.29, 0.717) is 52.9 Å². The quantitative estimate of drug-likeness (QED) is 0.437. The minimum Gasteiger partial charge on any atom is -0.483 e. The molecule has 5 heterocycles. The molecule has 3 aliphatic heterocycles. The van der Waals surface area contributed by atoms with Gasteiger partial charge in [0.2, 0.25) is 0 Å². The second kappa shape index (κ2) is 9.85. The number of hydrogen-bond acceptors (Lipinski definition) is 10. The van der Waals surface area contributed by atoms with Crippen molar-refractivity contribution in [3.8, 4) is 5.75 Å². The first-order valence-electron chi connectivity index (χ1n) is 12.2. The Kier molecular flexibility index (Phi) is 6.52. The number of aliphatic hydroxyl groups is 1. The van der Waals surface area contributed by atoms with E-state index in [2.05, 4.69) is 19.8 Å². The number of amides is 1. The lowest BCUT2D eigenvalue weighted by molar-refractivity contribution is 0.00871. The van der Waals surface area contributed by atoms with E-state index in [1.54, 1.807) is 13.1 Å². The number of rotatable bonds is 5. The van der Waals surface area contributed by atoms with Crippen LogP contribution in [-0.2, 0) is 23.8 Å². The molecule has 3 fully saturated rings. The van der Waals surface area contributed by atoms with Gasteiger partial charge in [0.05, 0.1) is 37.7 Å². The van der Waals surface area contributed by atoms with Gasteiger partial charge in [0.25, 0.3) is 5.91 Å². The van der Waals surface area contributed by atoms with Crippen molar-refractivity contribution < 1.29 is 33.2 Å². The third-order valence-electron chi connectivity index (χ3n) is 6.90.